The van der Waals surface area contributed by atoms with E-state index in [0.717, 1.165) is 0 Å². The molecule has 0 aliphatic heterocycles. The van der Waals surface area contributed by atoms with Gasteiger partial charge in [-0.15, -0.1) is 0 Å². The number of ether oxygens (including phenoxy) is 1. The largest absolute Gasteiger partial charge is 1.00 e. The van der Waals surface area contributed by atoms with Crippen molar-refractivity contribution in [3.05, 3.63) is 0 Å². The van der Waals surface area contributed by atoms with Crippen molar-refractivity contribution in [1.82, 2.24) is 0 Å². The second-order valence-corrected chi connectivity index (χ2v) is 1.56. The summed E-state index contributed by atoms with van der Waals surface area (Å²) in [5.74, 6) is -2.32. The first kappa shape index (κ1) is 14.7. The zero-order valence-electron chi connectivity index (χ0n) is 6.02. The molecule has 0 aromatic rings. The Bertz CT molecular complexity index is 148. The first-order chi connectivity index (χ1) is 4.83. The van der Waals surface area contributed by atoms with Crippen LogP contribution >= 0.6 is 0 Å². The van der Waals surface area contributed by atoms with E-state index in [1.807, 2.05) is 0 Å². The normalized spacial score (nSPS) is 13.3. The van der Waals surface area contributed by atoms with Crippen LogP contribution in [0.3, 0.4) is 0 Å². The molecule has 0 saturated heterocycles. The summed E-state index contributed by atoms with van der Waals surface area (Å²) in [7, 11) is 0. The first-order valence-corrected chi connectivity index (χ1v) is 2.36. The van der Waals surface area contributed by atoms with Crippen LogP contribution < -0.4 is 34.7 Å². The van der Waals surface area contributed by atoms with E-state index in [1.54, 1.807) is 0 Å². The van der Waals surface area contributed by atoms with Crippen molar-refractivity contribution in [3.8, 4) is 0 Å². The van der Waals surface area contributed by atoms with E-state index in [1.165, 1.54) is 0 Å². The minimum atomic E-state index is -4.74. The van der Waals surface area contributed by atoms with Crippen molar-refractivity contribution >= 4 is 5.97 Å². The number of hydrogen-bond acceptors (Lipinski definition) is 3. The molecular weight excluding hydrogens is 195 g/mol. The molecule has 0 heterocycles. The maximum absolute atomic E-state index is 11.7. The Balaban J connectivity index is 0. The molecule has 12 heavy (non-hydrogen) atoms. The molecule has 0 saturated carbocycles. The number of hydrogen-bond donors (Lipinski definition) is 0. The molecule has 0 aliphatic rings. The van der Waals surface area contributed by atoms with Crippen LogP contribution in [0.25, 0.3) is 0 Å². The van der Waals surface area contributed by atoms with Gasteiger partial charge in [0.1, 0.15) is 12.6 Å². The van der Waals surface area contributed by atoms with Crippen molar-refractivity contribution in [2.45, 2.75) is 12.5 Å². The SMILES string of the molecule is O=C([O-])C(F)OCC(F)(F)F.[Na+]. The summed E-state index contributed by atoms with van der Waals surface area (Å²) in [5, 5.41) is 9.44. The predicted molar refractivity (Wildman–Crippen MR) is 21.9 cm³/mol. The van der Waals surface area contributed by atoms with Crippen LogP contribution in [0.1, 0.15) is 0 Å². The smallest absolute Gasteiger partial charge is 0.544 e. The van der Waals surface area contributed by atoms with Gasteiger partial charge in [0.2, 0.25) is 6.36 Å². The molecule has 0 fully saturated rings. The fourth-order valence-electron chi connectivity index (χ4n) is 0.236. The fourth-order valence-corrected chi connectivity index (χ4v) is 0.236. The summed E-state index contributed by atoms with van der Waals surface area (Å²) < 4.78 is 48.4. The van der Waals surface area contributed by atoms with Gasteiger partial charge >= 0.3 is 35.7 Å². The van der Waals surface area contributed by atoms with Gasteiger partial charge in [0.25, 0.3) is 0 Å². The standard InChI is InChI=1S/C4H4F4O3.Na/c5-2(3(9)10)11-1-4(6,7)8;/h2H,1H2,(H,9,10);/q;+1/p-1. The maximum atomic E-state index is 11.7. The summed E-state index contributed by atoms with van der Waals surface area (Å²) in [4.78, 5) is 9.44. The van der Waals surface area contributed by atoms with Crippen LogP contribution in [0.2, 0.25) is 0 Å². The number of carboxylic acid groups (broad SMARTS) is 1. The van der Waals surface area contributed by atoms with Gasteiger partial charge < -0.3 is 14.6 Å². The quantitative estimate of drug-likeness (QED) is 0.351. The Morgan fingerprint density at radius 3 is 2.17 bits per heavy atom. The molecule has 3 nitrogen and oxygen atoms in total. The van der Waals surface area contributed by atoms with Crippen molar-refractivity contribution in [3.63, 3.8) is 0 Å². The molecule has 0 aromatic heterocycles. The second kappa shape index (κ2) is 5.74. The van der Waals surface area contributed by atoms with E-state index in [-0.39, 0.29) is 29.6 Å². The van der Waals surface area contributed by atoms with Gasteiger partial charge in [-0.05, 0) is 0 Å². The third kappa shape index (κ3) is 8.25. The number of carbonyl (C=O) groups is 1. The molecule has 0 rings (SSSR count). The van der Waals surface area contributed by atoms with Gasteiger partial charge in [0.15, 0.2) is 0 Å². The second-order valence-electron chi connectivity index (χ2n) is 1.56. The summed E-state index contributed by atoms with van der Waals surface area (Å²) in [6, 6.07) is 0. The van der Waals surface area contributed by atoms with Crippen molar-refractivity contribution in [2.24, 2.45) is 0 Å². The van der Waals surface area contributed by atoms with E-state index in [9.17, 15) is 27.5 Å². The van der Waals surface area contributed by atoms with Crippen molar-refractivity contribution in [2.75, 3.05) is 6.61 Å². The van der Waals surface area contributed by atoms with E-state index in [2.05, 4.69) is 4.74 Å². The first-order valence-electron chi connectivity index (χ1n) is 2.36. The van der Waals surface area contributed by atoms with Crippen LogP contribution in [-0.2, 0) is 9.53 Å². The third-order valence-electron chi connectivity index (χ3n) is 0.579. The van der Waals surface area contributed by atoms with Crippen molar-refractivity contribution in [1.29, 1.82) is 0 Å². The van der Waals surface area contributed by atoms with Gasteiger partial charge in [-0.3, -0.25) is 0 Å². The summed E-state index contributed by atoms with van der Waals surface area (Å²) in [6.07, 6.45) is -7.77. The van der Waals surface area contributed by atoms with Crippen LogP contribution in [-0.4, -0.2) is 25.1 Å². The molecule has 0 aromatic carbocycles. The van der Waals surface area contributed by atoms with Crippen LogP contribution in [0.4, 0.5) is 17.6 Å². The summed E-state index contributed by atoms with van der Waals surface area (Å²) in [5.41, 5.74) is 0. The molecule has 1 unspecified atom stereocenters. The number of aliphatic carboxylic acids is 1. The minimum Gasteiger partial charge on any atom is -0.544 e. The van der Waals surface area contributed by atoms with E-state index >= 15 is 0 Å². The van der Waals surface area contributed by atoms with Gasteiger partial charge in [0.05, 0.1) is 0 Å². The number of rotatable bonds is 3. The predicted octanol–water partition coefficient (Wildman–Crippen LogP) is -3.39. The number of carboxylic acids is 1. The number of alkyl halides is 4. The van der Waals surface area contributed by atoms with Gasteiger partial charge in [0, 0.05) is 0 Å². The maximum Gasteiger partial charge on any atom is 1.00 e. The fraction of sp³-hybridized carbons (Fsp3) is 0.750. The molecule has 0 bridgehead atoms. The molecule has 0 spiro atoms. The minimum absolute atomic E-state index is 0. The van der Waals surface area contributed by atoms with E-state index in [4.69, 9.17) is 0 Å². The molecule has 0 amide bonds. The summed E-state index contributed by atoms with van der Waals surface area (Å²) in [6.45, 7) is -1.94. The molecule has 0 aliphatic carbocycles. The molecule has 8 heteroatoms. The van der Waals surface area contributed by atoms with Crippen molar-refractivity contribution < 1.29 is 61.8 Å². The van der Waals surface area contributed by atoms with E-state index in [0.29, 0.717) is 0 Å². The van der Waals surface area contributed by atoms with Crippen LogP contribution in [0.15, 0.2) is 0 Å². The Kier molecular flexibility index (Phi) is 7.01. The number of halogens is 4. The van der Waals surface area contributed by atoms with Crippen LogP contribution in [0, 0.1) is 0 Å². The zero-order chi connectivity index (χ0) is 9.07. The summed E-state index contributed by atoms with van der Waals surface area (Å²) >= 11 is 0. The molecule has 0 radical (unpaired) electrons. The molecule has 66 valence electrons. The van der Waals surface area contributed by atoms with Gasteiger partial charge in [-0.2, -0.15) is 13.2 Å². The third-order valence-corrected chi connectivity index (χ3v) is 0.579. The zero-order valence-corrected chi connectivity index (χ0v) is 8.02. The Morgan fingerprint density at radius 1 is 1.50 bits per heavy atom. The molecular formula is C4H3F4NaO3. The average Bonchev–Trinajstić information content (AvgIpc) is 1.80. The number of carbonyl (C=O) groups excluding carboxylic acids is 1. The average molecular weight is 198 g/mol. The Labute approximate surface area is 87.0 Å². The van der Waals surface area contributed by atoms with Crippen LogP contribution in [0.5, 0.6) is 0 Å². The Hall–Kier alpha value is 0.150. The monoisotopic (exact) mass is 198 g/mol. The Morgan fingerprint density at radius 2 is 1.92 bits per heavy atom. The topological polar surface area (TPSA) is 49.4 Å². The van der Waals surface area contributed by atoms with E-state index < -0.39 is 25.1 Å². The molecule has 0 N–H and O–H groups in total. The molecule has 1 atom stereocenters. The van der Waals surface area contributed by atoms with Gasteiger partial charge in [-0.1, -0.05) is 0 Å². The van der Waals surface area contributed by atoms with Gasteiger partial charge in [-0.25, -0.2) is 4.39 Å².